The first-order valence-electron chi connectivity index (χ1n) is 11.4. The fraction of sp³-hybridized carbons (Fsp3) is 0.241. The Hall–Kier alpha value is -3.84. The number of anilines is 2. The summed E-state index contributed by atoms with van der Waals surface area (Å²) in [6, 6.07) is 25.7. The molecule has 3 rings (SSSR count). The number of hydrogen-bond acceptors (Lipinski definition) is 4. The highest BCUT2D eigenvalue weighted by atomic mass is 16.5. The predicted octanol–water partition coefficient (Wildman–Crippen LogP) is 7.29. The van der Waals surface area contributed by atoms with Crippen molar-refractivity contribution < 1.29 is 9.53 Å². The van der Waals surface area contributed by atoms with Crippen LogP contribution in [0.5, 0.6) is 5.75 Å². The van der Waals surface area contributed by atoms with Crippen LogP contribution in [0.4, 0.5) is 11.4 Å². The number of hydrogen-bond donors (Lipinski definition) is 0. The second-order valence-corrected chi connectivity index (χ2v) is 7.91. The van der Waals surface area contributed by atoms with Gasteiger partial charge in [0, 0.05) is 23.5 Å². The van der Waals surface area contributed by atoms with E-state index in [1.54, 1.807) is 7.11 Å². The van der Waals surface area contributed by atoms with Crippen molar-refractivity contribution in [1.29, 1.82) is 5.26 Å². The second kappa shape index (κ2) is 12.3. The van der Waals surface area contributed by atoms with Crippen LogP contribution in [-0.4, -0.2) is 19.9 Å². The molecule has 0 unspecified atom stereocenters. The van der Waals surface area contributed by atoms with Crippen LogP contribution in [0.25, 0.3) is 11.6 Å². The zero-order valence-corrected chi connectivity index (χ0v) is 19.3. The summed E-state index contributed by atoms with van der Waals surface area (Å²) in [4.78, 5) is 13.3. The number of aldehydes is 1. The molecular formula is C29H30N2O2. The van der Waals surface area contributed by atoms with Crippen LogP contribution in [0.3, 0.4) is 0 Å². The largest absolute Gasteiger partial charge is 0.497 e. The Morgan fingerprint density at radius 3 is 2.00 bits per heavy atom. The molecule has 0 fully saturated rings. The van der Waals surface area contributed by atoms with Crippen LogP contribution in [0.2, 0.25) is 0 Å². The number of benzene rings is 3. The van der Waals surface area contributed by atoms with Gasteiger partial charge in [-0.05, 0) is 84.3 Å². The van der Waals surface area contributed by atoms with Crippen molar-refractivity contribution in [3.05, 3.63) is 89.5 Å². The van der Waals surface area contributed by atoms with E-state index in [-0.39, 0.29) is 0 Å². The molecule has 168 valence electrons. The monoisotopic (exact) mass is 438 g/mol. The minimum Gasteiger partial charge on any atom is -0.497 e. The molecule has 0 saturated carbocycles. The third-order valence-electron chi connectivity index (χ3n) is 5.61. The topological polar surface area (TPSA) is 53.3 Å². The summed E-state index contributed by atoms with van der Waals surface area (Å²) < 4.78 is 5.20. The van der Waals surface area contributed by atoms with Gasteiger partial charge in [-0.1, -0.05) is 38.3 Å². The lowest BCUT2D eigenvalue weighted by atomic mass is 10.0. The fourth-order valence-corrected chi connectivity index (χ4v) is 3.70. The Balaban J connectivity index is 1.83. The molecule has 0 heterocycles. The average molecular weight is 439 g/mol. The van der Waals surface area contributed by atoms with Gasteiger partial charge in [-0.25, -0.2) is 0 Å². The molecule has 0 aliphatic carbocycles. The normalized spacial score (nSPS) is 11.0. The molecule has 33 heavy (non-hydrogen) atoms. The third-order valence-corrected chi connectivity index (χ3v) is 5.61. The number of rotatable bonds is 11. The number of nitriles is 1. The van der Waals surface area contributed by atoms with E-state index in [1.165, 1.54) is 19.3 Å². The number of ether oxygens (including phenoxy) is 1. The van der Waals surface area contributed by atoms with Crippen molar-refractivity contribution in [2.24, 2.45) is 0 Å². The number of carbonyl (C=O) groups excluding carboxylic acids is 1. The summed E-state index contributed by atoms with van der Waals surface area (Å²) in [5.74, 6) is 0.764. The van der Waals surface area contributed by atoms with E-state index >= 15 is 0 Å². The molecule has 4 heteroatoms. The molecule has 0 N–H and O–H groups in total. The van der Waals surface area contributed by atoms with E-state index in [2.05, 4.69) is 30.0 Å². The van der Waals surface area contributed by atoms with Crippen LogP contribution in [0.1, 0.15) is 54.1 Å². The fourth-order valence-electron chi connectivity index (χ4n) is 3.70. The van der Waals surface area contributed by atoms with Gasteiger partial charge in [0.15, 0.2) is 0 Å². The Morgan fingerprint density at radius 1 is 0.879 bits per heavy atom. The first-order valence-corrected chi connectivity index (χ1v) is 11.4. The molecule has 0 aliphatic heterocycles. The lowest BCUT2D eigenvalue weighted by Gasteiger charge is -2.25. The van der Waals surface area contributed by atoms with Gasteiger partial charge in [-0.15, -0.1) is 0 Å². The van der Waals surface area contributed by atoms with Crippen LogP contribution < -0.4 is 9.64 Å². The van der Waals surface area contributed by atoms with Crippen molar-refractivity contribution in [3.63, 3.8) is 0 Å². The number of allylic oxidation sites excluding steroid dienone is 1. The highest BCUT2D eigenvalue weighted by Crippen LogP contribution is 2.28. The summed E-state index contributed by atoms with van der Waals surface area (Å²) in [7, 11) is 1.63. The first kappa shape index (κ1) is 23.8. The van der Waals surface area contributed by atoms with E-state index in [9.17, 15) is 10.1 Å². The second-order valence-electron chi connectivity index (χ2n) is 7.91. The van der Waals surface area contributed by atoms with Crippen LogP contribution in [0.15, 0.2) is 72.8 Å². The van der Waals surface area contributed by atoms with Crippen molar-refractivity contribution in [3.8, 4) is 11.8 Å². The Morgan fingerprint density at radius 2 is 1.48 bits per heavy atom. The summed E-state index contributed by atoms with van der Waals surface area (Å²) in [6.07, 6.45) is 7.48. The summed E-state index contributed by atoms with van der Waals surface area (Å²) >= 11 is 0. The highest BCUT2D eigenvalue weighted by molar-refractivity contribution is 5.90. The van der Waals surface area contributed by atoms with E-state index in [4.69, 9.17) is 4.74 Å². The molecule has 0 aromatic heterocycles. The Labute approximate surface area is 196 Å². The maximum Gasteiger partial charge on any atom is 0.150 e. The summed E-state index contributed by atoms with van der Waals surface area (Å²) in [6.45, 7) is 3.12. The van der Waals surface area contributed by atoms with Crippen LogP contribution >= 0.6 is 0 Å². The Bertz CT molecular complexity index is 1090. The highest BCUT2D eigenvalue weighted by Gasteiger charge is 2.10. The van der Waals surface area contributed by atoms with Crippen molar-refractivity contribution >= 4 is 29.3 Å². The molecule has 0 saturated heterocycles. The molecule has 0 radical (unpaired) electrons. The third kappa shape index (κ3) is 6.57. The van der Waals surface area contributed by atoms with Crippen molar-refractivity contribution in [1.82, 2.24) is 0 Å². The molecule has 4 nitrogen and oxygen atoms in total. The average Bonchev–Trinajstić information content (AvgIpc) is 2.88. The Kier molecular flexibility index (Phi) is 8.85. The van der Waals surface area contributed by atoms with Crippen LogP contribution in [-0.2, 0) is 0 Å². The zero-order chi connectivity index (χ0) is 23.5. The van der Waals surface area contributed by atoms with Gasteiger partial charge in [-0.2, -0.15) is 5.26 Å². The molecule has 0 amide bonds. The lowest BCUT2D eigenvalue weighted by molar-refractivity contribution is 0.112. The standard InChI is InChI=1S/C29H30N2O2/c1-3-4-5-6-19-31(28-15-9-24(22-32)10-16-28)27-13-7-23(8-14-27)20-26(21-30)25-11-17-29(33-2)18-12-25/h7-18,20,22H,3-6,19H2,1-2H3/b26-20+. The minimum atomic E-state index is 0.603. The van der Waals surface area contributed by atoms with Gasteiger partial charge in [0.2, 0.25) is 0 Å². The van der Waals surface area contributed by atoms with Crippen molar-refractivity contribution in [2.75, 3.05) is 18.6 Å². The molecule has 3 aromatic carbocycles. The van der Waals surface area contributed by atoms with Gasteiger partial charge in [0.1, 0.15) is 12.0 Å². The van der Waals surface area contributed by atoms with E-state index in [0.717, 1.165) is 47.5 Å². The van der Waals surface area contributed by atoms with Gasteiger partial charge >= 0.3 is 0 Å². The summed E-state index contributed by atoms with van der Waals surface area (Å²) in [5, 5.41) is 9.66. The molecule has 3 aromatic rings. The number of carbonyl (C=O) groups is 1. The van der Waals surface area contributed by atoms with Gasteiger partial charge in [-0.3, -0.25) is 4.79 Å². The maximum absolute atomic E-state index is 11.0. The molecular weight excluding hydrogens is 408 g/mol. The number of methoxy groups -OCH3 is 1. The quantitative estimate of drug-likeness (QED) is 0.136. The predicted molar refractivity (Wildman–Crippen MR) is 136 cm³/mol. The van der Waals surface area contributed by atoms with E-state index in [1.807, 2.05) is 66.7 Å². The summed E-state index contributed by atoms with van der Waals surface area (Å²) in [5.41, 5.74) is 5.25. The van der Waals surface area contributed by atoms with Gasteiger partial charge in [0.25, 0.3) is 0 Å². The van der Waals surface area contributed by atoms with Crippen molar-refractivity contribution in [2.45, 2.75) is 32.6 Å². The number of unbranched alkanes of at least 4 members (excludes halogenated alkanes) is 3. The smallest absolute Gasteiger partial charge is 0.150 e. The minimum absolute atomic E-state index is 0.603. The van der Waals surface area contributed by atoms with Crippen LogP contribution in [0, 0.1) is 11.3 Å². The molecule has 0 spiro atoms. The van der Waals surface area contributed by atoms with Gasteiger partial charge in [0.05, 0.1) is 18.8 Å². The maximum atomic E-state index is 11.0. The van der Waals surface area contributed by atoms with E-state index < -0.39 is 0 Å². The molecule has 0 bridgehead atoms. The lowest BCUT2D eigenvalue weighted by Crippen LogP contribution is -2.18. The SMILES string of the molecule is CCCCCCN(c1ccc(C=O)cc1)c1ccc(/C=C(\C#N)c2ccc(OC)cc2)cc1. The first-order chi connectivity index (χ1) is 16.2. The van der Waals surface area contributed by atoms with E-state index in [0.29, 0.717) is 11.1 Å². The number of nitrogens with zero attached hydrogens (tertiary/aromatic N) is 2. The van der Waals surface area contributed by atoms with Gasteiger partial charge < -0.3 is 9.64 Å². The molecule has 0 atom stereocenters. The zero-order valence-electron chi connectivity index (χ0n) is 19.3. The molecule has 0 aliphatic rings.